The Morgan fingerprint density at radius 2 is 1.93 bits per heavy atom. The number of benzene rings is 1. The van der Waals surface area contributed by atoms with Crippen LogP contribution in [0.4, 0.5) is 0 Å². The van der Waals surface area contributed by atoms with Gasteiger partial charge in [-0.25, -0.2) is 0 Å². The molecule has 0 atom stereocenters. The first-order chi connectivity index (χ1) is 12.6. The number of halogens is 1. The van der Waals surface area contributed by atoms with Gasteiger partial charge in [-0.3, -0.25) is 9.67 Å². The third-order valence-corrected chi connectivity index (χ3v) is 5.07. The molecular formula is C21H32IN5. The van der Waals surface area contributed by atoms with E-state index in [0.29, 0.717) is 0 Å². The minimum absolute atomic E-state index is 0. The van der Waals surface area contributed by atoms with Gasteiger partial charge in [0.15, 0.2) is 5.96 Å². The Bertz CT molecular complexity index is 734. The highest BCUT2D eigenvalue weighted by atomic mass is 127. The van der Waals surface area contributed by atoms with E-state index in [4.69, 9.17) is 4.99 Å². The second-order valence-electron chi connectivity index (χ2n) is 7.27. The fraction of sp³-hybridized carbons (Fsp3) is 0.524. The van der Waals surface area contributed by atoms with Gasteiger partial charge in [-0.2, -0.15) is 5.10 Å². The summed E-state index contributed by atoms with van der Waals surface area (Å²) >= 11 is 0. The highest BCUT2D eigenvalue weighted by Crippen LogP contribution is 2.48. The average molecular weight is 481 g/mol. The van der Waals surface area contributed by atoms with Crippen molar-refractivity contribution < 1.29 is 0 Å². The van der Waals surface area contributed by atoms with Crippen molar-refractivity contribution in [2.45, 2.75) is 52.0 Å². The molecular weight excluding hydrogens is 449 g/mol. The van der Waals surface area contributed by atoms with Crippen LogP contribution >= 0.6 is 24.0 Å². The third-order valence-electron chi connectivity index (χ3n) is 5.07. The molecule has 2 aromatic rings. The number of aromatic nitrogens is 2. The van der Waals surface area contributed by atoms with Crippen LogP contribution in [0.3, 0.4) is 0 Å². The second-order valence-corrected chi connectivity index (χ2v) is 7.27. The highest BCUT2D eigenvalue weighted by Gasteiger charge is 2.43. The van der Waals surface area contributed by atoms with Crippen LogP contribution in [-0.2, 0) is 12.0 Å². The van der Waals surface area contributed by atoms with Gasteiger partial charge in [-0.05, 0) is 51.7 Å². The Morgan fingerprint density at radius 1 is 1.19 bits per heavy atom. The lowest BCUT2D eigenvalue weighted by molar-refractivity contribution is 0.554. The SMILES string of the molecule is CCNC(=NCC1(c2ccccc2)CC1)NCCCn1nc(C)cc1C.I. The topological polar surface area (TPSA) is 54.2 Å². The van der Waals surface area contributed by atoms with Gasteiger partial charge >= 0.3 is 0 Å². The third kappa shape index (κ3) is 5.96. The van der Waals surface area contributed by atoms with E-state index in [0.717, 1.165) is 44.3 Å². The number of nitrogens with zero attached hydrogens (tertiary/aromatic N) is 3. The smallest absolute Gasteiger partial charge is 0.191 e. The molecule has 1 saturated carbocycles. The van der Waals surface area contributed by atoms with Crippen molar-refractivity contribution in [3.63, 3.8) is 0 Å². The summed E-state index contributed by atoms with van der Waals surface area (Å²) in [6, 6.07) is 12.9. The molecule has 148 valence electrons. The molecule has 1 aliphatic rings. The van der Waals surface area contributed by atoms with Crippen LogP contribution in [0, 0.1) is 13.8 Å². The zero-order chi connectivity index (χ0) is 18.4. The fourth-order valence-corrected chi connectivity index (χ4v) is 3.39. The standard InChI is InChI=1S/C21H31N5.HI/c1-4-22-20(23-13-8-14-26-18(3)15-17(2)25-26)24-16-21(11-12-21)19-9-6-5-7-10-19;/h5-7,9-10,15H,4,8,11-14,16H2,1-3H3,(H2,22,23,24);1H. The largest absolute Gasteiger partial charge is 0.357 e. The number of rotatable bonds is 8. The summed E-state index contributed by atoms with van der Waals surface area (Å²) in [4.78, 5) is 4.86. The van der Waals surface area contributed by atoms with Crippen LogP contribution in [0.15, 0.2) is 41.4 Å². The van der Waals surface area contributed by atoms with Crippen molar-refractivity contribution in [1.29, 1.82) is 0 Å². The zero-order valence-corrected chi connectivity index (χ0v) is 19.0. The number of hydrogen-bond acceptors (Lipinski definition) is 2. The maximum absolute atomic E-state index is 4.86. The van der Waals surface area contributed by atoms with Gasteiger partial charge in [0.05, 0.1) is 12.2 Å². The van der Waals surface area contributed by atoms with Gasteiger partial charge in [-0.15, -0.1) is 24.0 Å². The lowest BCUT2D eigenvalue weighted by Gasteiger charge is -2.16. The summed E-state index contributed by atoms with van der Waals surface area (Å²) in [6.45, 7) is 9.81. The molecule has 27 heavy (non-hydrogen) atoms. The molecule has 0 unspecified atom stereocenters. The van der Waals surface area contributed by atoms with E-state index in [1.54, 1.807) is 0 Å². The first-order valence-corrected chi connectivity index (χ1v) is 9.72. The van der Waals surface area contributed by atoms with Crippen molar-refractivity contribution in [2.75, 3.05) is 19.6 Å². The van der Waals surface area contributed by atoms with Crippen molar-refractivity contribution in [3.05, 3.63) is 53.3 Å². The number of nitrogens with one attached hydrogen (secondary N) is 2. The van der Waals surface area contributed by atoms with E-state index in [1.807, 2.05) is 6.92 Å². The Morgan fingerprint density at radius 3 is 2.52 bits per heavy atom. The van der Waals surface area contributed by atoms with Crippen molar-refractivity contribution in [1.82, 2.24) is 20.4 Å². The molecule has 0 amide bonds. The number of guanidine groups is 1. The summed E-state index contributed by atoms with van der Waals surface area (Å²) in [5.41, 5.74) is 3.99. The molecule has 2 N–H and O–H groups in total. The Hall–Kier alpha value is -1.57. The molecule has 1 heterocycles. The second kappa shape index (κ2) is 10.1. The molecule has 1 aliphatic carbocycles. The minimum Gasteiger partial charge on any atom is -0.357 e. The Balaban J connectivity index is 0.00000261. The van der Waals surface area contributed by atoms with E-state index in [2.05, 4.69) is 70.7 Å². The van der Waals surface area contributed by atoms with Gasteiger partial charge in [0.2, 0.25) is 0 Å². The first kappa shape index (κ1) is 21.7. The molecule has 1 aromatic carbocycles. The Labute approximate surface area is 180 Å². The predicted octanol–water partition coefficient (Wildman–Crippen LogP) is 3.79. The molecule has 0 saturated heterocycles. The Kier molecular flexibility index (Phi) is 8.13. The summed E-state index contributed by atoms with van der Waals surface area (Å²) in [6.07, 6.45) is 3.49. The van der Waals surface area contributed by atoms with E-state index in [-0.39, 0.29) is 29.4 Å². The molecule has 6 heteroatoms. The monoisotopic (exact) mass is 481 g/mol. The molecule has 5 nitrogen and oxygen atoms in total. The van der Waals surface area contributed by atoms with Crippen LogP contribution < -0.4 is 10.6 Å². The van der Waals surface area contributed by atoms with Gasteiger partial charge in [0, 0.05) is 30.7 Å². The minimum atomic E-state index is 0. The predicted molar refractivity (Wildman–Crippen MR) is 123 cm³/mol. The molecule has 3 rings (SSSR count). The van der Waals surface area contributed by atoms with Crippen molar-refractivity contribution >= 4 is 29.9 Å². The van der Waals surface area contributed by atoms with Crippen molar-refractivity contribution in [2.24, 2.45) is 4.99 Å². The van der Waals surface area contributed by atoms with Crippen LogP contribution in [0.1, 0.15) is 43.1 Å². The molecule has 0 spiro atoms. The van der Waals surface area contributed by atoms with Crippen LogP contribution in [0.25, 0.3) is 0 Å². The van der Waals surface area contributed by atoms with Gasteiger partial charge in [0.1, 0.15) is 0 Å². The van der Waals surface area contributed by atoms with E-state index >= 15 is 0 Å². The summed E-state index contributed by atoms with van der Waals surface area (Å²) in [5.74, 6) is 0.920. The lowest BCUT2D eigenvalue weighted by Crippen LogP contribution is -2.38. The highest BCUT2D eigenvalue weighted by molar-refractivity contribution is 14.0. The molecule has 0 aliphatic heterocycles. The van der Waals surface area contributed by atoms with Crippen LogP contribution in [0.5, 0.6) is 0 Å². The summed E-state index contributed by atoms with van der Waals surface area (Å²) < 4.78 is 2.08. The number of hydrogen-bond donors (Lipinski definition) is 2. The first-order valence-electron chi connectivity index (χ1n) is 9.72. The summed E-state index contributed by atoms with van der Waals surface area (Å²) in [5, 5.41) is 11.3. The molecule has 1 aromatic heterocycles. The fourth-order valence-electron chi connectivity index (χ4n) is 3.39. The maximum atomic E-state index is 4.86. The average Bonchev–Trinajstić information content (AvgIpc) is 3.37. The maximum Gasteiger partial charge on any atom is 0.191 e. The quantitative estimate of drug-likeness (QED) is 0.261. The molecule has 0 bridgehead atoms. The van der Waals surface area contributed by atoms with E-state index in [1.165, 1.54) is 24.1 Å². The van der Waals surface area contributed by atoms with E-state index < -0.39 is 0 Å². The normalized spacial score (nSPS) is 15.1. The lowest BCUT2D eigenvalue weighted by atomic mass is 9.96. The van der Waals surface area contributed by atoms with Crippen molar-refractivity contribution in [3.8, 4) is 0 Å². The van der Waals surface area contributed by atoms with E-state index in [9.17, 15) is 0 Å². The number of aliphatic imine (C=N–C) groups is 1. The van der Waals surface area contributed by atoms with Crippen LogP contribution in [-0.4, -0.2) is 35.4 Å². The van der Waals surface area contributed by atoms with Gasteiger partial charge in [0.25, 0.3) is 0 Å². The van der Waals surface area contributed by atoms with Gasteiger partial charge < -0.3 is 10.6 Å². The number of aryl methyl sites for hydroxylation is 3. The molecule has 0 radical (unpaired) electrons. The van der Waals surface area contributed by atoms with Crippen LogP contribution in [0.2, 0.25) is 0 Å². The van der Waals surface area contributed by atoms with Gasteiger partial charge in [-0.1, -0.05) is 30.3 Å². The molecule has 1 fully saturated rings. The summed E-state index contributed by atoms with van der Waals surface area (Å²) in [7, 11) is 0. The zero-order valence-electron chi connectivity index (χ0n) is 16.7.